The van der Waals surface area contributed by atoms with Gasteiger partial charge in [0.15, 0.2) is 5.13 Å². The molecule has 0 saturated heterocycles. The first-order valence-electron chi connectivity index (χ1n) is 2.22. The van der Waals surface area contributed by atoms with Crippen LogP contribution in [0.5, 0.6) is 0 Å². The van der Waals surface area contributed by atoms with Crippen molar-refractivity contribution in [2.75, 3.05) is 0 Å². The van der Waals surface area contributed by atoms with Gasteiger partial charge in [-0.3, -0.25) is 4.55 Å². The lowest BCUT2D eigenvalue weighted by molar-refractivity contribution is 0.476. The molecule has 0 atom stereocenters. The van der Waals surface area contributed by atoms with Crippen molar-refractivity contribution in [3.05, 3.63) is 16.6 Å². The van der Waals surface area contributed by atoms with E-state index in [-0.39, 0.29) is 0 Å². The molecule has 0 aliphatic carbocycles. The van der Waals surface area contributed by atoms with Gasteiger partial charge in [-0.05, 0) is 11.4 Å². The molecule has 6 heteroatoms. The van der Waals surface area contributed by atoms with Crippen molar-refractivity contribution in [2.45, 2.75) is 4.90 Å². The minimum absolute atomic E-state index is 0.625. The van der Waals surface area contributed by atoms with Crippen molar-refractivity contribution in [1.29, 1.82) is 0 Å². The molecule has 0 unspecified atom stereocenters. The molecule has 1 N–H and O–H groups in total. The fourth-order valence-electron chi connectivity index (χ4n) is 0.467. The quantitative estimate of drug-likeness (QED) is 0.662. The van der Waals surface area contributed by atoms with Gasteiger partial charge in [-0.1, -0.05) is 0 Å². The van der Waals surface area contributed by atoms with Crippen LogP contribution in [0.1, 0.15) is 0 Å². The second kappa shape index (κ2) is 2.30. The van der Waals surface area contributed by atoms with Crippen LogP contribution in [0, 0.1) is 5.13 Å². The standard InChI is InChI=1S/C4H3FO3S2/c5-4-3(1-2-9-4)10(6,7)8/h1-2H,(H,6,7,8). The van der Waals surface area contributed by atoms with Gasteiger partial charge in [-0.15, -0.1) is 11.3 Å². The zero-order valence-corrected chi connectivity index (χ0v) is 6.25. The van der Waals surface area contributed by atoms with Crippen molar-refractivity contribution >= 4 is 21.5 Å². The van der Waals surface area contributed by atoms with Crippen molar-refractivity contribution in [3.8, 4) is 0 Å². The van der Waals surface area contributed by atoms with Gasteiger partial charge in [0.1, 0.15) is 4.90 Å². The largest absolute Gasteiger partial charge is 0.298 e. The summed E-state index contributed by atoms with van der Waals surface area (Å²) >= 11 is 0.625. The van der Waals surface area contributed by atoms with Crippen molar-refractivity contribution < 1.29 is 17.4 Å². The molecule has 56 valence electrons. The molecule has 0 radical (unpaired) electrons. The third kappa shape index (κ3) is 1.34. The fraction of sp³-hybridized carbons (Fsp3) is 0. The van der Waals surface area contributed by atoms with E-state index in [0.29, 0.717) is 11.3 Å². The van der Waals surface area contributed by atoms with Gasteiger partial charge >= 0.3 is 0 Å². The van der Waals surface area contributed by atoms with Crippen LogP contribution < -0.4 is 0 Å². The van der Waals surface area contributed by atoms with E-state index in [4.69, 9.17) is 4.55 Å². The highest BCUT2D eigenvalue weighted by molar-refractivity contribution is 7.86. The van der Waals surface area contributed by atoms with E-state index in [0.717, 1.165) is 6.07 Å². The molecule has 0 fully saturated rings. The van der Waals surface area contributed by atoms with E-state index < -0.39 is 20.1 Å². The second-order valence-corrected chi connectivity index (χ2v) is 3.79. The Bertz CT molecular complexity index is 326. The molecule has 1 aromatic rings. The highest BCUT2D eigenvalue weighted by Gasteiger charge is 2.15. The Labute approximate surface area is 60.9 Å². The first-order valence-corrected chi connectivity index (χ1v) is 4.54. The third-order valence-electron chi connectivity index (χ3n) is 0.863. The van der Waals surface area contributed by atoms with Crippen LogP contribution in [-0.4, -0.2) is 13.0 Å². The summed E-state index contributed by atoms with van der Waals surface area (Å²) in [6.45, 7) is 0. The Hall–Kier alpha value is -0.460. The molecule has 1 rings (SSSR count). The van der Waals surface area contributed by atoms with Gasteiger partial charge in [0.25, 0.3) is 10.1 Å². The summed E-state index contributed by atoms with van der Waals surface area (Å²) in [5, 5.41) is 0.362. The van der Waals surface area contributed by atoms with E-state index in [1.165, 1.54) is 5.38 Å². The van der Waals surface area contributed by atoms with Crippen LogP contribution in [-0.2, 0) is 10.1 Å². The summed E-state index contributed by atoms with van der Waals surface area (Å²) in [6, 6.07) is 1.01. The SMILES string of the molecule is O=S(=O)(O)c1ccsc1F. The average molecular weight is 182 g/mol. The number of rotatable bonds is 1. The molecule has 3 nitrogen and oxygen atoms in total. The zero-order valence-electron chi connectivity index (χ0n) is 4.61. The predicted molar refractivity (Wildman–Crippen MR) is 34.1 cm³/mol. The minimum Gasteiger partial charge on any atom is -0.282 e. The molecule has 0 aliphatic heterocycles. The smallest absolute Gasteiger partial charge is 0.282 e. The average Bonchev–Trinajstić information content (AvgIpc) is 2.11. The monoisotopic (exact) mass is 182 g/mol. The molecular weight excluding hydrogens is 179 g/mol. The van der Waals surface area contributed by atoms with Gasteiger partial charge in [0, 0.05) is 0 Å². The summed E-state index contributed by atoms with van der Waals surface area (Å²) in [7, 11) is -4.35. The number of hydrogen-bond acceptors (Lipinski definition) is 3. The van der Waals surface area contributed by atoms with Gasteiger partial charge in [0.2, 0.25) is 0 Å². The lowest BCUT2D eigenvalue weighted by Gasteiger charge is -1.88. The van der Waals surface area contributed by atoms with Crippen LogP contribution in [0.2, 0.25) is 0 Å². The zero-order chi connectivity index (χ0) is 7.78. The lowest BCUT2D eigenvalue weighted by Crippen LogP contribution is -1.97. The summed E-state index contributed by atoms with van der Waals surface area (Å²) in [5.74, 6) is 0. The Kier molecular flexibility index (Phi) is 1.76. The minimum atomic E-state index is -4.35. The normalized spacial score (nSPS) is 11.8. The maximum atomic E-state index is 12.3. The first-order chi connectivity index (χ1) is 4.52. The number of hydrogen-bond donors (Lipinski definition) is 1. The van der Waals surface area contributed by atoms with Gasteiger partial charge in [-0.25, -0.2) is 0 Å². The Balaban J connectivity index is 3.32. The summed E-state index contributed by atoms with van der Waals surface area (Å²) in [4.78, 5) is -0.655. The molecule has 1 aromatic heterocycles. The molecule has 0 aromatic carbocycles. The molecule has 0 spiro atoms. The van der Waals surface area contributed by atoms with Gasteiger partial charge in [0.05, 0.1) is 0 Å². The third-order valence-corrected chi connectivity index (χ3v) is 2.56. The second-order valence-electron chi connectivity index (χ2n) is 1.53. The Morgan fingerprint density at radius 1 is 1.60 bits per heavy atom. The molecule has 10 heavy (non-hydrogen) atoms. The maximum absolute atomic E-state index is 12.3. The van der Waals surface area contributed by atoms with Gasteiger partial charge < -0.3 is 0 Å². The summed E-state index contributed by atoms with van der Waals surface area (Å²) in [6.07, 6.45) is 0. The molecule has 0 saturated carbocycles. The number of halogens is 1. The molecule has 0 bridgehead atoms. The molecule has 0 aliphatic rings. The summed E-state index contributed by atoms with van der Waals surface area (Å²) < 4.78 is 41.1. The predicted octanol–water partition coefficient (Wildman–Crippen LogP) is 1.13. The van der Waals surface area contributed by atoms with E-state index in [9.17, 15) is 12.8 Å². The highest BCUT2D eigenvalue weighted by Crippen LogP contribution is 2.18. The van der Waals surface area contributed by atoms with Gasteiger partial charge in [-0.2, -0.15) is 12.8 Å². The van der Waals surface area contributed by atoms with Crippen molar-refractivity contribution in [2.24, 2.45) is 0 Å². The Morgan fingerprint density at radius 2 is 2.20 bits per heavy atom. The van der Waals surface area contributed by atoms with Crippen molar-refractivity contribution in [3.63, 3.8) is 0 Å². The lowest BCUT2D eigenvalue weighted by atomic mass is 10.7. The van der Waals surface area contributed by atoms with Crippen LogP contribution in [0.3, 0.4) is 0 Å². The van der Waals surface area contributed by atoms with Crippen LogP contribution in [0.4, 0.5) is 4.39 Å². The van der Waals surface area contributed by atoms with E-state index in [1.54, 1.807) is 0 Å². The van der Waals surface area contributed by atoms with E-state index in [1.807, 2.05) is 0 Å². The topological polar surface area (TPSA) is 54.4 Å². The van der Waals surface area contributed by atoms with Crippen LogP contribution in [0.25, 0.3) is 0 Å². The van der Waals surface area contributed by atoms with Crippen LogP contribution >= 0.6 is 11.3 Å². The number of thiophene rings is 1. The molecular formula is C4H3FO3S2. The van der Waals surface area contributed by atoms with Crippen molar-refractivity contribution in [1.82, 2.24) is 0 Å². The van der Waals surface area contributed by atoms with Crippen LogP contribution in [0.15, 0.2) is 16.3 Å². The fourth-order valence-corrected chi connectivity index (χ4v) is 1.96. The van der Waals surface area contributed by atoms with E-state index >= 15 is 0 Å². The first kappa shape index (κ1) is 7.64. The molecule has 1 heterocycles. The Morgan fingerprint density at radius 3 is 2.40 bits per heavy atom. The summed E-state index contributed by atoms with van der Waals surface area (Å²) in [5.41, 5.74) is 0. The maximum Gasteiger partial charge on any atom is 0.298 e. The highest BCUT2D eigenvalue weighted by atomic mass is 32.2. The van der Waals surface area contributed by atoms with E-state index in [2.05, 4.69) is 0 Å². The molecule has 0 amide bonds.